The molecule has 3 aromatic carbocycles. The minimum atomic E-state index is -0.498. The summed E-state index contributed by atoms with van der Waals surface area (Å²) in [5.74, 6) is 0.0496. The van der Waals surface area contributed by atoms with Crippen molar-refractivity contribution in [1.82, 2.24) is 0 Å². The summed E-state index contributed by atoms with van der Waals surface area (Å²) < 4.78 is 35.3. The molecule has 0 radical (unpaired) electrons. The highest BCUT2D eigenvalue weighted by molar-refractivity contribution is 6.17. The summed E-state index contributed by atoms with van der Waals surface area (Å²) in [6.07, 6.45) is 0. The lowest BCUT2D eigenvalue weighted by molar-refractivity contribution is -0.118. The van der Waals surface area contributed by atoms with Crippen molar-refractivity contribution in [3.8, 4) is 17.2 Å². The number of rotatable bonds is 6. The number of benzene rings is 3. The van der Waals surface area contributed by atoms with Crippen molar-refractivity contribution in [2.45, 2.75) is 0 Å². The van der Waals surface area contributed by atoms with Crippen LogP contribution in [0.2, 0.25) is 0 Å². The molecule has 1 amide bonds. The Kier molecular flexibility index (Phi) is 5.40. The van der Waals surface area contributed by atoms with Gasteiger partial charge in [-0.3, -0.25) is 9.59 Å². The van der Waals surface area contributed by atoms with Gasteiger partial charge in [0.2, 0.25) is 5.78 Å². The van der Waals surface area contributed by atoms with Crippen LogP contribution in [0.4, 0.5) is 10.1 Å². The molecule has 0 saturated heterocycles. The summed E-state index contributed by atoms with van der Waals surface area (Å²) in [4.78, 5) is 25.9. The van der Waals surface area contributed by atoms with Crippen molar-refractivity contribution in [2.24, 2.45) is 0 Å². The summed E-state index contributed by atoms with van der Waals surface area (Å²) in [7, 11) is 0. The van der Waals surface area contributed by atoms with Gasteiger partial charge in [-0.05, 0) is 54.6 Å². The zero-order valence-corrected chi connectivity index (χ0v) is 17.3. The maximum atomic E-state index is 13.3. The largest absolute Gasteiger partial charge is 0.486 e. The Morgan fingerprint density at radius 3 is 2.52 bits per heavy atom. The van der Waals surface area contributed by atoms with Crippen LogP contribution in [0.15, 0.2) is 71.1 Å². The normalized spacial score (nSPS) is 12.4. The minimum absolute atomic E-state index is 0.0111. The van der Waals surface area contributed by atoms with Crippen molar-refractivity contribution < 1.29 is 32.6 Å². The predicted octanol–water partition coefficient (Wildman–Crippen LogP) is 4.59. The Morgan fingerprint density at radius 2 is 1.70 bits per heavy atom. The third kappa shape index (κ3) is 4.23. The second-order valence-corrected chi connectivity index (χ2v) is 7.28. The van der Waals surface area contributed by atoms with Crippen LogP contribution in [0, 0.1) is 5.82 Å². The zero-order chi connectivity index (χ0) is 22.8. The first-order chi connectivity index (χ1) is 16.1. The zero-order valence-electron chi connectivity index (χ0n) is 17.3. The van der Waals surface area contributed by atoms with Gasteiger partial charge in [-0.25, -0.2) is 4.39 Å². The Bertz CT molecular complexity index is 1350. The minimum Gasteiger partial charge on any atom is -0.486 e. The number of ether oxygens (including phenoxy) is 3. The van der Waals surface area contributed by atoms with Gasteiger partial charge in [-0.1, -0.05) is 12.1 Å². The molecule has 0 fully saturated rings. The third-order valence-electron chi connectivity index (χ3n) is 5.05. The van der Waals surface area contributed by atoms with Crippen LogP contribution in [0.1, 0.15) is 16.1 Å². The first-order valence-electron chi connectivity index (χ1n) is 10.2. The molecule has 7 nitrogen and oxygen atoms in total. The number of halogens is 1. The monoisotopic (exact) mass is 447 g/mol. The highest BCUT2D eigenvalue weighted by Crippen LogP contribution is 2.35. The van der Waals surface area contributed by atoms with E-state index in [1.165, 1.54) is 24.3 Å². The maximum Gasteiger partial charge on any atom is 0.262 e. The van der Waals surface area contributed by atoms with E-state index in [0.717, 1.165) is 0 Å². The van der Waals surface area contributed by atoms with Crippen molar-refractivity contribution in [2.75, 3.05) is 25.1 Å². The molecule has 4 aromatic rings. The molecule has 1 aliphatic heterocycles. The molecule has 0 atom stereocenters. The van der Waals surface area contributed by atoms with E-state index in [1.807, 2.05) is 0 Å². The quantitative estimate of drug-likeness (QED) is 0.435. The molecule has 166 valence electrons. The number of anilines is 1. The fourth-order valence-electron chi connectivity index (χ4n) is 3.50. The maximum absolute atomic E-state index is 13.3. The van der Waals surface area contributed by atoms with E-state index in [1.54, 1.807) is 42.5 Å². The third-order valence-corrected chi connectivity index (χ3v) is 5.05. The summed E-state index contributed by atoms with van der Waals surface area (Å²) in [5.41, 5.74) is 1.03. The van der Waals surface area contributed by atoms with Crippen LogP contribution in [-0.4, -0.2) is 31.5 Å². The number of hydrogen-bond donors (Lipinski definition) is 1. The number of ketones is 1. The van der Waals surface area contributed by atoms with Gasteiger partial charge >= 0.3 is 0 Å². The molecule has 0 aliphatic carbocycles. The van der Waals surface area contributed by atoms with Gasteiger partial charge in [0.05, 0.1) is 5.69 Å². The molecule has 5 rings (SSSR count). The number of fused-ring (bicyclic) bond motifs is 2. The molecule has 0 saturated carbocycles. The number of carbonyl (C=O) groups is 2. The molecule has 0 spiro atoms. The van der Waals surface area contributed by atoms with Crippen LogP contribution in [0.5, 0.6) is 17.2 Å². The van der Waals surface area contributed by atoms with Crippen molar-refractivity contribution in [3.63, 3.8) is 0 Å². The van der Waals surface area contributed by atoms with Crippen LogP contribution < -0.4 is 19.5 Å². The highest BCUT2D eigenvalue weighted by Gasteiger charge is 2.25. The molecule has 0 bridgehead atoms. The lowest BCUT2D eigenvalue weighted by Crippen LogP contribution is -2.21. The van der Waals surface area contributed by atoms with E-state index in [0.29, 0.717) is 47.0 Å². The molecule has 1 aromatic heterocycles. The number of nitrogens with one attached hydrogen (secondary N) is 1. The molecule has 1 N–H and O–H groups in total. The van der Waals surface area contributed by atoms with Gasteiger partial charge in [0.25, 0.3) is 5.91 Å². The van der Waals surface area contributed by atoms with Crippen LogP contribution in [-0.2, 0) is 4.79 Å². The molecule has 0 unspecified atom stereocenters. The Labute approximate surface area is 187 Å². The second kappa shape index (κ2) is 8.66. The Balaban J connectivity index is 1.42. The van der Waals surface area contributed by atoms with Gasteiger partial charge in [-0.2, -0.15) is 0 Å². The Morgan fingerprint density at radius 1 is 0.939 bits per heavy atom. The smallest absolute Gasteiger partial charge is 0.262 e. The van der Waals surface area contributed by atoms with E-state index in [4.69, 9.17) is 18.6 Å². The van der Waals surface area contributed by atoms with E-state index in [2.05, 4.69) is 5.32 Å². The molecular formula is C25H18FNO6. The number of amides is 1. The van der Waals surface area contributed by atoms with Crippen LogP contribution >= 0.6 is 0 Å². The second-order valence-electron chi connectivity index (χ2n) is 7.28. The average Bonchev–Trinajstić information content (AvgIpc) is 3.21. The van der Waals surface area contributed by atoms with Gasteiger partial charge in [0.1, 0.15) is 30.4 Å². The summed E-state index contributed by atoms with van der Waals surface area (Å²) >= 11 is 0. The molecular weight excluding hydrogens is 429 g/mol. The first-order valence-corrected chi connectivity index (χ1v) is 10.2. The lowest BCUT2D eigenvalue weighted by Gasteiger charge is -2.18. The van der Waals surface area contributed by atoms with Crippen molar-refractivity contribution in [1.29, 1.82) is 0 Å². The molecule has 1 aliphatic rings. The van der Waals surface area contributed by atoms with E-state index >= 15 is 0 Å². The molecule has 33 heavy (non-hydrogen) atoms. The molecule has 8 heteroatoms. The van der Waals surface area contributed by atoms with E-state index in [-0.39, 0.29) is 18.1 Å². The van der Waals surface area contributed by atoms with Gasteiger partial charge < -0.3 is 23.9 Å². The lowest BCUT2D eigenvalue weighted by atomic mass is 10.1. The van der Waals surface area contributed by atoms with Gasteiger partial charge in [0, 0.05) is 10.9 Å². The van der Waals surface area contributed by atoms with Gasteiger partial charge in [0.15, 0.2) is 23.9 Å². The van der Waals surface area contributed by atoms with Crippen molar-refractivity contribution in [3.05, 3.63) is 83.9 Å². The van der Waals surface area contributed by atoms with E-state index < -0.39 is 17.5 Å². The molecule has 2 heterocycles. The number of furan rings is 1. The Hall–Kier alpha value is -4.33. The average molecular weight is 447 g/mol. The van der Waals surface area contributed by atoms with Gasteiger partial charge in [-0.15, -0.1) is 0 Å². The van der Waals surface area contributed by atoms with Crippen LogP contribution in [0.3, 0.4) is 0 Å². The number of hydrogen-bond acceptors (Lipinski definition) is 6. The first kappa shape index (κ1) is 20.6. The van der Waals surface area contributed by atoms with E-state index in [9.17, 15) is 14.0 Å². The van der Waals surface area contributed by atoms with Crippen molar-refractivity contribution >= 4 is 28.3 Å². The number of carbonyl (C=O) groups excluding carboxylic acids is 2. The summed E-state index contributed by atoms with van der Waals surface area (Å²) in [6.45, 7) is 0.507. The fourth-order valence-corrected chi connectivity index (χ4v) is 3.50. The summed E-state index contributed by atoms with van der Waals surface area (Å²) in [5, 5.41) is 3.30. The predicted molar refractivity (Wildman–Crippen MR) is 118 cm³/mol. The highest BCUT2D eigenvalue weighted by atomic mass is 19.1. The number of para-hydroxylation sites is 1. The fraction of sp³-hybridized carbons (Fsp3) is 0.120. The van der Waals surface area contributed by atoms with Crippen LogP contribution in [0.25, 0.3) is 11.0 Å². The standard InChI is InChI=1S/C25H18FNO6/c26-16-6-8-17(9-7-16)32-14-22(28)27-23-18-3-1-2-4-19(18)33-25(23)24(29)15-5-10-20-21(13-15)31-12-11-30-20/h1-10,13H,11-12,14H2,(H,27,28). The SMILES string of the molecule is O=C(COc1ccc(F)cc1)Nc1c(C(=O)c2ccc3c(c2)OCCO3)oc2ccccc12. The summed E-state index contributed by atoms with van der Waals surface area (Å²) in [6, 6.07) is 17.2. The topological polar surface area (TPSA) is 87.0 Å².